The lowest BCUT2D eigenvalue weighted by Gasteiger charge is -2.25. The van der Waals surface area contributed by atoms with Crippen LogP contribution in [0.2, 0.25) is 0 Å². The van der Waals surface area contributed by atoms with E-state index in [2.05, 4.69) is 11.4 Å². The number of anilines is 2. The summed E-state index contributed by atoms with van der Waals surface area (Å²) in [5.74, 6) is 0.0873. The molecule has 2 aromatic carbocycles. The van der Waals surface area contributed by atoms with Crippen LogP contribution in [0, 0.1) is 0 Å². The quantitative estimate of drug-likeness (QED) is 0.923. The Labute approximate surface area is 137 Å². The highest BCUT2D eigenvalue weighted by Crippen LogP contribution is 2.27. The van der Waals surface area contributed by atoms with Gasteiger partial charge in [0.2, 0.25) is 0 Å². The van der Waals surface area contributed by atoms with Crippen molar-refractivity contribution in [2.45, 2.75) is 19.8 Å². The number of amides is 1. The molecule has 1 aliphatic rings. The van der Waals surface area contributed by atoms with Crippen LogP contribution in [-0.4, -0.2) is 19.0 Å². The van der Waals surface area contributed by atoms with Gasteiger partial charge in [0, 0.05) is 30.0 Å². The Morgan fingerprint density at radius 3 is 2.64 bits per heavy atom. The average molecular weight is 317 g/mol. The third kappa shape index (κ3) is 3.09. The third-order valence-electron chi connectivity index (χ3n) is 3.95. The maximum absolute atomic E-state index is 12.9. The first-order valence-electron chi connectivity index (χ1n) is 7.54. The fourth-order valence-corrected chi connectivity index (χ4v) is 2.91. The highest BCUT2D eigenvalue weighted by Gasteiger charge is 2.21. The molecule has 0 atom stereocenters. The first kappa shape index (κ1) is 16.4. The molecular weight excluding hydrogens is 296 g/mol. The van der Waals surface area contributed by atoms with Crippen LogP contribution in [0.15, 0.2) is 48.5 Å². The first-order chi connectivity index (χ1) is 10.3. The Bertz CT molecular complexity index is 643. The van der Waals surface area contributed by atoms with E-state index in [1.54, 1.807) is 0 Å². The average Bonchev–Trinajstić information content (AvgIpc) is 2.56. The van der Waals surface area contributed by atoms with Crippen molar-refractivity contribution < 1.29 is 4.79 Å². The summed E-state index contributed by atoms with van der Waals surface area (Å²) in [6.07, 6.45) is 2.05. The highest BCUT2D eigenvalue weighted by atomic mass is 35.5. The number of nitrogens with one attached hydrogen (secondary N) is 1. The summed E-state index contributed by atoms with van der Waals surface area (Å²) >= 11 is 0. The second-order valence-corrected chi connectivity index (χ2v) is 5.25. The highest BCUT2D eigenvalue weighted by molar-refractivity contribution is 6.07. The lowest BCUT2D eigenvalue weighted by Crippen LogP contribution is -2.32. The van der Waals surface area contributed by atoms with E-state index in [9.17, 15) is 4.79 Å². The predicted octanol–water partition coefficient (Wildman–Crippen LogP) is 4.13. The maximum Gasteiger partial charge on any atom is 0.258 e. The van der Waals surface area contributed by atoms with E-state index in [-0.39, 0.29) is 18.3 Å². The Kier molecular flexibility index (Phi) is 5.45. The molecular formula is C18H21ClN2O. The molecule has 2 aromatic rings. The number of nitrogens with zero attached hydrogens (tertiary/aromatic N) is 1. The largest absolute Gasteiger partial charge is 0.385 e. The molecule has 4 heteroatoms. The van der Waals surface area contributed by atoms with Crippen LogP contribution in [0.5, 0.6) is 0 Å². The van der Waals surface area contributed by atoms with E-state index in [4.69, 9.17) is 0 Å². The molecule has 0 bridgehead atoms. The van der Waals surface area contributed by atoms with E-state index < -0.39 is 0 Å². The molecule has 0 saturated carbocycles. The number of para-hydroxylation sites is 1. The second kappa shape index (κ2) is 7.32. The number of benzene rings is 2. The molecule has 0 aromatic heterocycles. The van der Waals surface area contributed by atoms with Crippen LogP contribution in [-0.2, 0) is 6.42 Å². The van der Waals surface area contributed by atoms with Crippen LogP contribution >= 0.6 is 12.4 Å². The summed E-state index contributed by atoms with van der Waals surface area (Å²) < 4.78 is 0. The van der Waals surface area contributed by atoms with Gasteiger partial charge in [0.1, 0.15) is 0 Å². The molecule has 3 nitrogen and oxygen atoms in total. The SMILES string of the molecule is CCN(C(=O)c1cccc2c1CCCN2)c1ccccc1.Cl. The summed E-state index contributed by atoms with van der Waals surface area (Å²) in [5, 5.41) is 3.38. The fraction of sp³-hybridized carbons (Fsp3) is 0.278. The van der Waals surface area contributed by atoms with E-state index >= 15 is 0 Å². The normalized spacial score (nSPS) is 12.6. The third-order valence-corrected chi connectivity index (χ3v) is 3.95. The smallest absolute Gasteiger partial charge is 0.258 e. The topological polar surface area (TPSA) is 32.3 Å². The van der Waals surface area contributed by atoms with Crippen molar-refractivity contribution in [1.82, 2.24) is 0 Å². The zero-order chi connectivity index (χ0) is 14.7. The van der Waals surface area contributed by atoms with Gasteiger partial charge in [-0.05, 0) is 49.6 Å². The molecule has 1 N–H and O–H groups in total. The number of fused-ring (bicyclic) bond motifs is 1. The monoisotopic (exact) mass is 316 g/mol. The summed E-state index contributed by atoms with van der Waals surface area (Å²) in [4.78, 5) is 14.8. The van der Waals surface area contributed by atoms with Gasteiger partial charge in [-0.25, -0.2) is 0 Å². The summed E-state index contributed by atoms with van der Waals surface area (Å²) in [6, 6.07) is 15.8. The Balaban J connectivity index is 0.00000176. The minimum atomic E-state index is 0. The number of carbonyl (C=O) groups is 1. The van der Waals surface area contributed by atoms with E-state index in [0.717, 1.165) is 41.9 Å². The van der Waals surface area contributed by atoms with Crippen molar-refractivity contribution in [3.63, 3.8) is 0 Å². The number of hydrogen-bond acceptors (Lipinski definition) is 2. The molecule has 1 aliphatic heterocycles. The van der Waals surface area contributed by atoms with Gasteiger partial charge in [-0.1, -0.05) is 24.3 Å². The zero-order valence-electron chi connectivity index (χ0n) is 12.7. The first-order valence-corrected chi connectivity index (χ1v) is 7.54. The number of rotatable bonds is 3. The Hall–Kier alpha value is -2.00. The molecule has 1 heterocycles. The molecule has 0 saturated heterocycles. The lowest BCUT2D eigenvalue weighted by atomic mass is 9.96. The molecule has 0 radical (unpaired) electrons. The molecule has 22 heavy (non-hydrogen) atoms. The van der Waals surface area contributed by atoms with Gasteiger partial charge < -0.3 is 10.2 Å². The minimum absolute atomic E-state index is 0. The maximum atomic E-state index is 12.9. The van der Waals surface area contributed by atoms with Gasteiger partial charge in [-0.2, -0.15) is 0 Å². The van der Waals surface area contributed by atoms with E-state index in [1.807, 2.05) is 54.3 Å². The number of hydrogen-bond donors (Lipinski definition) is 1. The molecule has 0 unspecified atom stereocenters. The van der Waals surface area contributed by atoms with Crippen LogP contribution in [0.25, 0.3) is 0 Å². The summed E-state index contributed by atoms with van der Waals surface area (Å²) in [7, 11) is 0. The minimum Gasteiger partial charge on any atom is -0.385 e. The van der Waals surface area contributed by atoms with Crippen molar-refractivity contribution in [3.8, 4) is 0 Å². The summed E-state index contributed by atoms with van der Waals surface area (Å²) in [5.41, 5.74) is 4.04. The standard InChI is InChI=1S/C18H20N2O.ClH/c1-2-20(14-8-4-3-5-9-14)18(21)16-10-6-12-17-15(16)11-7-13-19-17;/h3-6,8-10,12,19H,2,7,11,13H2,1H3;1H. The van der Waals surface area contributed by atoms with E-state index in [0.29, 0.717) is 6.54 Å². The van der Waals surface area contributed by atoms with Gasteiger partial charge in [-0.15, -0.1) is 12.4 Å². The van der Waals surface area contributed by atoms with Crippen molar-refractivity contribution in [2.24, 2.45) is 0 Å². The number of carbonyl (C=O) groups excluding carboxylic acids is 1. The van der Waals surface area contributed by atoms with E-state index in [1.165, 1.54) is 0 Å². The van der Waals surface area contributed by atoms with Crippen molar-refractivity contribution in [2.75, 3.05) is 23.3 Å². The van der Waals surface area contributed by atoms with Crippen LogP contribution in [0.3, 0.4) is 0 Å². The lowest BCUT2D eigenvalue weighted by molar-refractivity contribution is 0.0987. The van der Waals surface area contributed by atoms with Crippen LogP contribution < -0.4 is 10.2 Å². The fourth-order valence-electron chi connectivity index (χ4n) is 2.91. The van der Waals surface area contributed by atoms with Crippen molar-refractivity contribution in [1.29, 1.82) is 0 Å². The number of halogens is 1. The van der Waals surface area contributed by atoms with Gasteiger partial charge in [0.15, 0.2) is 0 Å². The van der Waals surface area contributed by atoms with Crippen molar-refractivity contribution in [3.05, 3.63) is 59.7 Å². The Morgan fingerprint density at radius 2 is 1.91 bits per heavy atom. The van der Waals surface area contributed by atoms with Crippen molar-refractivity contribution >= 4 is 29.7 Å². The molecule has 3 rings (SSSR count). The van der Waals surface area contributed by atoms with Crippen LogP contribution in [0.4, 0.5) is 11.4 Å². The molecule has 0 fully saturated rings. The van der Waals surface area contributed by atoms with Crippen LogP contribution in [0.1, 0.15) is 29.3 Å². The zero-order valence-corrected chi connectivity index (χ0v) is 13.5. The molecule has 116 valence electrons. The Morgan fingerprint density at radius 1 is 1.14 bits per heavy atom. The predicted molar refractivity (Wildman–Crippen MR) is 94.3 cm³/mol. The second-order valence-electron chi connectivity index (χ2n) is 5.25. The van der Waals surface area contributed by atoms with Gasteiger partial charge in [0.05, 0.1) is 0 Å². The molecule has 0 aliphatic carbocycles. The summed E-state index contributed by atoms with van der Waals surface area (Å²) in [6.45, 7) is 3.67. The van der Waals surface area contributed by atoms with Gasteiger partial charge >= 0.3 is 0 Å². The molecule has 1 amide bonds. The molecule has 0 spiro atoms. The van der Waals surface area contributed by atoms with Gasteiger partial charge in [0.25, 0.3) is 5.91 Å². The van der Waals surface area contributed by atoms with Gasteiger partial charge in [-0.3, -0.25) is 4.79 Å².